The molecule has 10 heteroatoms. The Hall–Kier alpha value is -3.40. The molecule has 0 radical (unpaired) electrons. The first-order valence-electron chi connectivity index (χ1n) is 9.16. The first-order chi connectivity index (χ1) is 14.4. The highest BCUT2D eigenvalue weighted by molar-refractivity contribution is 6.10. The highest BCUT2D eigenvalue weighted by Gasteiger charge is 2.38. The largest absolute Gasteiger partial charge is 0.490 e. The van der Waals surface area contributed by atoms with Crippen molar-refractivity contribution in [1.82, 2.24) is 10.3 Å². The number of amides is 1. The Morgan fingerprint density at radius 3 is 2.29 bits per heavy atom. The molecule has 0 fully saturated rings. The van der Waals surface area contributed by atoms with Crippen LogP contribution in [0.2, 0.25) is 0 Å². The molecule has 0 atom stereocenters. The van der Waals surface area contributed by atoms with Crippen LogP contribution >= 0.6 is 0 Å². The predicted octanol–water partition coefficient (Wildman–Crippen LogP) is 3.93. The highest BCUT2D eigenvalue weighted by Crippen LogP contribution is 2.37. The van der Waals surface area contributed by atoms with Gasteiger partial charge < -0.3 is 21.1 Å². The van der Waals surface area contributed by atoms with Gasteiger partial charge in [0.05, 0.1) is 11.1 Å². The lowest BCUT2D eigenvalue weighted by Gasteiger charge is -2.11. The Bertz CT molecular complexity index is 1200. The standard InChI is InChI=1S/C19H18FN3O.C2HF3O2/c1-9-10(2)23-18-14(19(21)24)6-15(20)17(16(9)18)11-3-4-12-7-22-8-13(12)5-11;3-2(4,5)1(6)7/h3-6,22-23H,7-8H2,1-2H3,(H2,21,24);(H,6,7). The van der Waals surface area contributed by atoms with E-state index in [1.807, 2.05) is 32.0 Å². The summed E-state index contributed by atoms with van der Waals surface area (Å²) in [4.78, 5) is 23.8. The SMILES string of the molecule is Cc1[nH]c2c(C(N)=O)cc(F)c(-c3ccc4c(c3)CNC4)c2c1C.O=C(O)C(F)(F)F. The first-order valence-corrected chi connectivity index (χ1v) is 9.16. The number of carboxylic acid groups (broad SMARTS) is 1. The van der Waals surface area contributed by atoms with Gasteiger partial charge in [0.15, 0.2) is 0 Å². The zero-order valence-corrected chi connectivity index (χ0v) is 16.6. The van der Waals surface area contributed by atoms with E-state index in [9.17, 15) is 22.4 Å². The summed E-state index contributed by atoms with van der Waals surface area (Å²) in [5.41, 5.74) is 11.8. The number of benzene rings is 2. The summed E-state index contributed by atoms with van der Waals surface area (Å²) in [6.45, 7) is 5.47. The Balaban J connectivity index is 0.000000339. The number of aryl methyl sites for hydroxylation is 2. The summed E-state index contributed by atoms with van der Waals surface area (Å²) in [7, 11) is 0. The summed E-state index contributed by atoms with van der Waals surface area (Å²) in [5.74, 6) is -3.82. The second-order valence-corrected chi connectivity index (χ2v) is 7.16. The van der Waals surface area contributed by atoms with Gasteiger partial charge in [0, 0.05) is 29.7 Å². The number of aromatic amines is 1. The molecule has 1 aliphatic heterocycles. The summed E-state index contributed by atoms with van der Waals surface area (Å²) in [6.07, 6.45) is -5.08. The van der Waals surface area contributed by atoms with Gasteiger partial charge in [-0.15, -0.1) is 0 Å². The molecule has 0 bridgehead atoms. The molecule has 0 spiro atoms. The normalized spacial score (nSPS) is 13.0. The van der Waals surface area contributed by atoms with Crippen LogP contribution < -0.4 is 11.1 Å². The number of hydrogen-bond acceptors (Lipinski definition) is 3. The van der Waals surface area contributed by atoms with Crippen molar-refractivity contribution in [3.05, 3.63) is 58.0 Å². The Morgan fingerprint density at radius 1 is 1.10 bits per heavy atom. The monoisotopic (exact) mass is 437 g/mol. The van der Waals surface area contributed by atoms with Crippen molar-refractivity contribution in [2.75, 3.05) is 0 Å². The predicted molar refractivity (Wildman–Crippen MR) is 106 cm³/mol. The van der Waals surface area contributed by atoms with Gasteiger partial charge in [-0.1, -0.05) is 12.1 Å². The zero-order valence-electron chi connectivity index (χ0n) is 16.6. The number of carbonyl (C=O) groups excluding carboxylic acids is 1. The minimum Gasteiger partial charge on any atom is -0.475 e. The van der Waals surface area contributed by atoms with Gasteiger partial charge in [0.1, 0.15) is 5.82 Å². The number of carbonyl (C=O) groups is 2. The van der Waals surface area contributed by atoms with Gasteiger partial charge in [-0.05, 0) is 48.2 Å². The van der Waals surface area contributed by atoms with Crippen molar-refractivity contribution >= 4 is 22.8 Å². The van der Waals surface area contributed by atoms with Crippen LogP contribution in [0.4, 0.5) is 17.6 Å². The van der Waals surface area contributed by atoms with Crippen molar-refractivity contribution in [3.8, 4) is 11.1 Å². The average Bonchev–Trinajstić information content (AvgIpc) is 3.25. The molecule has 0 aliphatic carbocycles. The fraction of sp³-hybridized carbons (Fsp3) is 0.238. The molecule has 0 saturated heterocycles. The summed E-state index contributed by atoms with van der Waals surface area (Å²) >= 11 is 0. The molecule has 164 valence electrons. The second kappa shape index (κ2) is 8.03. The molecular weight excluding hydrogens is 418 g/mol. The Morgan fingerprint density at radius 2 is 1.71 bits per heavy atom. The smallest absolute Gasteiger partial charge is 0.475 e. The minimum atomic E-state index is -5.08. The molecule has 2 aromatic carbocycles. The number of hydrogen-bond donors (Lipinski definition) is 4. The molecule has 1 aliphatic rings. The molecule has 5 N–H and O–H groups in total. The minimum absolute atomic E-state index is 0.185. The molecule has 31 heavy (non-hydrogen) atoms. The number of aromatic nitrogens is 1. The van der Waals surface area contributed by atoms with Gasteiger partial charge in [0.2, 0.25) is 0 Å². The third kappa shape index (κ3) is 4.24. The van der Waals surface area contributed by atoms with Crippen LogP contribution in [0.15, 0.2) is 24.3 Å². The number of alkyl halides is 3. The van der Waals surface area contributed by atoms with E-state index in [4.69, 9.17) is 15.6 Å². The highest BCUT2D eigenvalue weighted by atomic mass is 19.4. The van der Waals surface area contributed by atoms with Gasteiger partial charge in [-0.25, -0.2) is 9.18 Å². The van der Waals surface area contributed by atoms with Crippen LogP contribution in [0.1, 0.15) is 32.7 Å². The second-order valence-electron chi connectivity index (χ2n) is 7.16. The van der Waals surface area contributed by atoms with E-state index in [1.54, 1.807) is 0 Å². The summed E-state index contributed by atoms with van der Waals surface area (Å²) in [6, 6.07) is 7.24. The van der Waals surface area contributed by atoms with Crippen LogP contribution in [-0.4, -0.2) is 28.1 Å². The van der Waals surface area contributed by atoms with Crippen molar-refractivity contribution < 1.29 is 32.3 Å². The molecule has 0 unspecified atom stereocenters. The van der Waals surface area contributed by atoms with Gasteiger partial charge in [0.25, 0.3) is 5.91 Å². The number of fused-ring (bicyclic) bond motifs is 2. The number of H-pyrrole nitrogens is 1. The van der Waals surface area contributed by atoms with E-state index in [1.165, 1.54) is 17.2 Å². The molecule has 0 saturated carbocycles. The lowest BCUT2D eigenvalue weighted by Crippen LogP contribution is -2.21. The van der Waals surface area contributed by atoms with E-state index < -0.39 is 23.9 Å². The fourth-order valence-corrected chi connectivity index (χ4v) is 3.55. The number of nitrogens with two attached hydrogens (primary N) is 1. The molecule has 6 nitrogen and oxygen atoms in total. The summed E-state index contributed by atoms with van der Waals surface area (Å²) < 4.78 is 46.7. The van der Waals surface area contributed by atoms with Crippen LogP contribution in [0.25, 0.3) is 22.0 Å². The van der Waals surface area contributed by atoms with Gasteiger partial charge in [-0.3, -0.25) is 4.79 Å². The van der Waals surface area contributed by atoms with Crippen LogP contribution in [0.3, 0.4) is 0 Å². The van der Waals surface area contributed by atoms with E-state index in [0.29, 0.717) is 11.1 Å². The number of carboxylic acids is 1. The Labute approximate surface area is 174 Å². The first kappa shape index (κ1) is 22.3. The summed E-state index contributed by atoms with van der Waals surface area (Å²) in [5, 5.41) is 11.2. The maximum Gasteiger partial charge on any atom is 0.490 e. The average molecular weight is 437 g/mol. The molecule has 4 rings (SSSR count). The van der Waals surface area contributed by atoms with Crippen molar-refractivity contribution in [2.45, 2.75) is 33.1 Å². The Kier molecular flexibility index (Phi) is 5.77. The molecule has 3 aromatic rings. The number of aliphatic carboxylic acids is 1. The number of primary amides is 1. The molecule has 1 aromatic heterocycles. The topological polar surface area (TPSA) is 108 Å². The van der Waals surface area contributed by atoms with Gasteiger partial charge in [-0.2, -0.15) is 13.2 Å². The maximum absolute atomic E-state index is 14.9. The van der Waals surface area contributed by atoms with E-state index in [-0.39, 0.29) is 5.56 Å². The zero-order chi connectivity index (χ0) is 23.1. The van der Waals surface area contributed by atoms with Crippen molar-refractivity contribution in [1.29, 1.82) is 0 Å². The maximum atomic E-state index is 14.9. The lowest BCUT2D eigenvalue weighted by atomic mass is 9.94. The number of rotatable bonds is 2. The van der Waals surface area contributed by atoms with E-state index in [2.05, 4.69) is 10.3 Å². The number of nitrogens with one attached hydrogen (secondary N) is 2. The molecule has 2 heterocycles. The van der Waals surface area contributed by atoms with Crippen molar-refractivity contribution in [3.63, 3.8) is 0 Å². The van der Waals surface area contributed by atoms with Crippen molar-refractivity contribution in [2.24, 2.45) is 5.73 Å². The van der Waals surface area contributed by atoms with Gasteiger partial charge >= 0.3 is 12.1 Å². The van der Waals surface area contributed by atoms with Crippen LogP contribution in [0, 0.1) is 19.7 Å². The molecular formula is C21H19F4N3O3. The number of halogens is 4. The van der Waals surface area contributed by atoms with E-state index in [0.717, 1.165) is 35.3 Å². The third-order valence-electron chi connectivity index (χ3n) is 5.16. The van der Waals surface area contributed by atoms with Crippen LogP contribution in [-0.2, 0) is 17.9 Å². The third-order valence-corrected chi connectivity index (χ3v) is 5.16. The molecule has 1 amide bonds. The van der Waals surface area contributed by atoms with E-state index >= 15 is 0 Å². The quantitative estimate of drug-likeness (QED) is 0.456. The fourth-order valence-electron chi connectivity index (χ4n) is 3.55. The van der Waals surface area contributed by atoms with Crippen LogP contribution in [0.5, 0.6) is 0 Å². The lowest BCUT2D eigenvalue weighted by molar-refractivity contribution is -0.192.